The minimum absolute atomic E-state index is 0.162. The van der Waals surface area contributed by atoms with Gasteiger partial charge in [-0.15, -0.1) is 0 Å². The fourth-order valence-electron chi connectivity index (χ4n) is 3.09. The number of nitrogens with two attached hydrogens (primary N) is 1. The lowest BCUT2D eigenvalue weighted by atomic mass is 9.78. The molecule has 0 saturated carbocycles. The van der Waals surface area contributed by atoms with Gasteiger partial charge in [0.25, 0.3) is 5.69 Å². The average molecular weight is 348 g/mol. The van der Waals surface area contributed by atoms with Crippen LogP contribution in [0.4, 0.5) is 18.9 Å². The zero-order valence-corrected chi connectivity index (χ0v) is 12.5. The van der Waals surface area contributed by atoms with Gasteiger partial charge in [-0.05, 0) is 11.8 Å². The van der Waals surface area contributed by atoms with E-state index in [1.54, 1.807) is 0 Å². The van der Waals surface area contributed by atoms with E-state index in [0.29, 0.717) is 11.8 Å². The highest BCUT2D eigenvalue weighted by Crippen LogP contribution is 2.42. The summed E-state index contributed by atoms with van der Waals surface area (Å²) in [5.74, 6) is -2.78. The van der Waals surface area contributed by atoms with Gasteiger partial charge in [0.15, 0.2) is 17.2 Å². The van der Waals surface area contributed by atoms with E-state index < -0.39 is 46.5 Å². The molecule has 2 heterocycles. The van der Waals surface area contributed by atoms with Crippen molar-refractivity contribution in [2.75, 3.05) is 19.0 Å². The first-order valence-corrected chi connectivity index (χ1v) is 7.72. The number of nitro groups is 1. The van der Waals surface area contributed by atoms with Crippen LogP contribution >= 0.6 is 11.8 Å². The Labute approximate surface area is 133 Å². The van der Waals surface area contributed by atoms with E-state index in [2.05, 4.69) is 4.99 Å². The Bertz CT molecular complexity index is 703. The van der Waals surface area contributed by atoms with Crippen LogP contribution in [-0.2, 0) is 10.3 Å². The lowest BCUT2D eigenvalue weighted by molar-refractivity contribution is -0.570. The Hall–Kier alpha value is -1.81. The summed E-state index contributed by atoms with van der Waals surface area (Å²) in [5.41, 5.74) is 3.57. The number of nitro benzene ring substituents is 1. The summed E-state index contributed by atoms with van der Waals surface area (Å²) in [6, 6.07) is 1.46. The summed E-state index contributed by atoms with van der Waals surface area (Å²) in [4.78, 5) is 13.0. The molecule has 0 amide bonds. The van der Waals surface area contributed by atoms with E-state index in [1.807, 2.05) is 0 Å². The quantitative estimate of drug-likeness (QED) is 0.601. The summed E-state index contributed by atoms with van der Waals surface area (Å²) in [7, 11) is 0. The maximum absolute atomic E-state index is 14.4. The number of nitrogens with zero attached hydrogens (tertiary/aromatic N) is 1. The van der Waals surface area contributed by atoms with Crippen LogP contribution in [0.25, 0.3) is 0 Å². The van der Waals surface area contributed by atoms with Crippen LogP contribution in [0.3, 0.4) is 0 Å². The van der Waals surface area contributed by atoms with E-state index in [4.69, 9.17) is 10.5 Å². The van der Waals surface area contributed by atoms with Crippen molar-refractivity contribution in [1.82, 2.24) is 0 Å². The number of thioether (sulfide) groups is 1. The Kier molecular flexibility index (Phi) is 3.96. The van der Waals surface area contributed by atoms with Crippen molar-refractivity contribution in [3.05, 3.63) is 39.4 Å². The summed E-state index contributed by atoms with van der Waals surface area (Å²) < 4.78 is 46.7. The third-order valence-corrected chi connectivity index (χ3v) is 5.17. The number of hydrogen-bond acceptors (Lipinski definition) is 5. The Morgan fingerprint density at radius 3 is 2.91 bits per heavy atom. The fraction of sp³-hybridized carbons (Fsp3) is 0.462. The summed E-state index contributed by atoms with van der Waals surface area (Å²) in [6.45, 7) is -0.960. The van der Waals surface area contributed by atoms with Gasteiger partial charge in [-0.1, -0.05) is 0 Å². The standard InChI is InChI=1S/C13H12F3N3O3S/c14-3-10-8-4-23-12(17)18-13(8,5-22-10)7-1-6(19(20)21)2-9(15)11(7)16/h1-2,8,10H,3-5H2,(H2,17,18)/p+1. The predicted octanol–water partition coefficient (Wildman–Crippen LogP) is 0.195. The minimum atomic E-state index is -1.34. The average Bonchev–Trinajstić information content (AvgIpc) is 2.88. The van der Waals surface area contributed by atoms with Crippen LogP contribution in [0, 0.1) is 27.7 Å². The number of rotatable bonds is 3. The van der Waals surface area contributed by atoms with Crippen molar-refractivity contribution < 1.29 is 27.8 Å². The second kappa shape index (κ2) is 5.68. The second-order valence-electron chi connectivity index (χ2n) is 5.43. The monoisotopic (exact) mass is 348 g/mol. The van der Waals surface area contributed by atoms with Gasteiger partial charge in [0.05, 0.1) is 23.7 Å². The minimum Gasteiger partial charge on any atom is -0.370 e. The van der Waals surface area contributed by atoms with Crippen molar-refractivity contribution in [3.63, 3.8) is 0 Å². The zero-order valence-electron chi connectivity index (χ0n) is 11.7. The third-order valence-electron chi connectivity index (χ3n) is 4.23. The van der Waals surface area contributed by atoms with Crippen LogP contribution in [0.2, 0.25) is 0 Å². The second-order valence-corrected chi connectivity index (χ2v) is 6.49. The molecule has 0 spiro atoms. The lowest BCUT2D eigenvalue weighted by Crippen LogP contribution is -2.91. The molecule has 1 fully saturated rings. The molecule has 23 heavy (non-hydrogen) atoms. The molecule has 3 rings (SSSR count). The third kappa shape index (κ3) is 2.45. The molecule has 1 aromatic rings. The Balaban J connectivity index is 2.22. The molecule has 2 aliphatic heterocycles. The van der Waals surface area contributed by atoms with E-state index in [9.17, 15) is 23.3 Å². The first-order valence-electron chi connectivity index (χ1n) is 6.74. The number of alkyl halides is 1. The Morgan fingerprint density at radius 2 is 2.26 bits per heavy atom. The number of ether oxygens (including phenoxy) is 1. The molecule has 0 radical (unpaired) electrons. The first-order chi connectivity index (χ1) is 10.9. The number of benzene rings is 1. The summed E-state index contributed by atoms with van der Waals surface area (Å²) in [6.07, 6.45) is -0.815. The topological polar surface area (TPSA) is 92.4 Å². The molecule has 1 aromatic carbocycles. The van der Waals surface area contributed by atoms with Crippen LogP contribution in [-0.4, -0.2) is 35.2 Å². The van der Waals surface area contributed by atoms with Gasteiger partial charge in [-0.3, -0.25) is 20.8 Å². The lowest BCUT2D eigenvalue weighted by Gasteiger charge is -2.32. The van der Waals surface area contributed by atoms with Gasteiger partial charge < -0.3 is 4.74 Å². The number of amidine groups is 1. The molecule has 6 nitrogen and oxygen atoms in total. The van der Waals surface area contributed by atoms with Crippen LogP contribution < -0.4 is 10.7 Å². The zero-order chi connectivity index (χ0) is 16.8. The van der Waals surface area contributed by atoms with Gasteiger partial charge in [0.2, 0.25) is 0 Å². The van der Waals surface area contributed by atoms with E-state index in [1.165, 1.54) is 11.8 Å². The fourth-order valence-corrected chi connectivity index (χ4v) is 4.21. The maximum Gasteiger partial charge on any atom is 0.302 e. The highest BCUT2D eigenvalue weighted by molar-refractivity contribution is 8.13. The van der Waals surface area contributed by atoms with Crippen molar-refractivity contribution in [2.24, 2.45) is 11.7 Å². The van der Waals surface area contributed by atoms with Crippen LogP contribution in [0.1, 0.15) is 5.56 Å². The normalized spacial score (nSPS) is 30.0. The van der Waals surface area contributed by atoms with E-state index >= 15 is 0 Å². The van der Waals surface area contributed by atoms with Gasteiger partial charge >= 0.3 is 5.17 Å². The summed E-state index contributed by atoms with van der Waals surface area (Å²) >= 11 is 1.21. The van der Waals surface area contributed by atoms with E-state index in [-0.39, 0.29) is 17.3 Å². The largest absolute Gasteiger partial charge is 0.370 e. The molecule has 0 aliphatic carbocycles. The van der Waals surface area contributed by atoms with Crippen molar-refractivity contribution >= 4 is 22.6 Å². The highest BCUT2D eigenvalue weighted by atomic mass is 32.2. The van der Waals surface area contributed by atoms with E-state index in [0.717, 1.165) is 6.07 Å². The van der Waals surface area contributed by atoms with Gasteiger partial charge in [0, 0.05) is 23.3 Å². The van der Waals surface area contributed by atoms with Gasteiger partial charge in [-0.25, -0.2) is 13.2 Å². The maximum atomic E-state index is 14.4. The molecule has 10 heteroatoms. The SMILES string of the molecule is NC1=[NH+]C2(c3cc([N+](=O)[O-])cc(F)c3F)COC(CF)C2CS1. The number of non-ortho nitro benzene ring substituents is 1. The number of hydrogen-bond donors (Lipinski definition) is 2. The Morgan fingerprint density at radius 1 is 1.52 bits per heavy atom. The van der Waals surface area contributed by atoms with Crippen molar-refractivity contribution in [2.45, 2.75) is 11.6 Å². The van der Waals surface area contributed by atoms with Gasteiger partial charge in [-0.2, -0.15) is 0 Å². The molecule has 3 N–H and O–H groups in total. The van der Waals surface area contributed by atoms with Crippen LogP contribution in [0.5, 0.6) is 0 Å². The number of fused-ring (bicyclic) bond motifs is 1. The van der Waals surface area contributed by atoms with Crippen molar-refractivity contribution in [1.29, 1.82) is 0 Å². The molecule has 1 saturated heterocycles. The molecule has 3 unspecified atom stereocenters. The smallest absolute Gasteiger partial charge is 0.302 e. The molecular formula is C13H13F3N3O3S+. The predicted molar refractivity (Wildman–Crippen MR) is 76.5 cm³/mol. The number of nitrogens with one attached hydrogen (secondary N) is 1. The molecule has 3 atom stereocenters. The molecule has 2 aliphatic rings. The summed E-state index contributed by atoms with van der Waals surface area (Å²) in [5, 5.41) is 11.2. The van der Waals surface area contributed by atoms with Gasteiger partial charge in [0.1, 0.15) is 6.67 Å². The number of halogens is 3. The highest BCUT2D eigenvalue weighted by Gasteiger charge is 2.57. The molecule has 124 valence electrons. The van der Waals surface area contributed by atoms with Crippen molar-refractivity contribution in [3.8, 4) is 0 Å². The molecular weight excluding hydrogens is 335 g/mol. The first kappa shape index (κ1) is 16.1. The molecule has 0 aromatic heterocycles. The molecule has 0 bridgehead atoms. The van der Waals surface area contributed by atoms with Crippen LogP contribution in [0.15, 0.2) is 12.1 Å².